The molecule has 1 rings (SSSR count). The van der Waals surface area contributed by atoms with Crippen molar-refractivity contribution >= 4 is 5.96 Å². The maximum atomic E-state index is 9.19. The molecule has 0 aromatic heterocycles. The zero-order valence-electron chi connectivity index (χ0n) is 5.50. The molecule has 1 heterocycles. The molecule has 0 saturated carbocycles. The van der Waals surface area contributed by atoms with E-state index in [1.165, 1.54) is 13.1 Å². The molecule has 0 aliphatic carbocycles. The van der Waals surface area contributed by atoms with Crippen molar-refractivity contribution in [2.45, 2.75) is 12.6 Å². The molecule has 5 N–H and O–H groups in total. The Morgan fingerprint density at radius 1 is 1.80 bits per heavy atom. The van der Waals surface area contributed by atoms with Crippen LogP contribution < -0.4 is 11.1 Å². The van der Waals surface area contributed by atoms with E-state index < -0.39 is 5.72 Å². The number of guanidine groups is 1. The number of hydrogen-bond donors (Lipinski definition) is 4. The molecule has 1 unspecified atom stereocenters. The lowest BCUT2D eigenvalue weighted by atomic mass is 10.2. The molecule has 5 nitrogen and oxygen atoms in total. The van der Waals surface area contributed by atoms with Crippen LogP contribution in [0.2, 0.25) is 0 Å². The standard InChI is InChI=1S/C5H9N3O2/c1-5(10)3(9)2-7-4(6)8-5/h2,9-10H,1H3,(H3,6,7,8). The van der Waals surface area contributed by atoms with E-state index in [2.05, 4.69) is 10.3 Å². The monoisotopic (exact) mass is 143 g/mol. The van der Waals surface area contributed by atoms with Gasteiger partial charge in [0.15, 0.2) is 11.7 Å². The summed E-state index contributed by atoms with van der Waals surface area (Å²) in [5.74, 6) is -0.162. The fourth-order valence-corrected chi connectivity index (χ4v) is 0.603. The lowest BCUT2D eigenvalue weighted by Gasteiger charge is -2.21. The third kappa shape index (κ3) is 1.03. The maximum absolute atomic E-state index is 9.19. The molecule has 5 heteroatoms. The van der Waals surface area contributed by atoms with Crippen LogP contribution in [0, 0.1) is 0 Å². The van der Waals surface area contributed by atoms with Crippen LogP contribution in [0.25, 0.3) is 0 Å². The first-order valence-corrected chi connectivity index (χ1v) is 2.76. The normalized spacial score (nSPS) is 32.2. The summed E-state index contributed by atoms with van der Waals surface area (Å²) in [6.07, 6.45) is 1.20. The number of aliphatic imine (C=N–C) groups is 1. The average molecular weight is 143 g/mol. The van der Waals surface area contributed by atoms with Crippen LogP contribution in [-0.4, -0.2) is 21.9 Å². The van der Waals surface area contributed by atoms with Crippen molar-refractivity contribution in [2.75, 3.05) is 0 Å². The summed E-state index contributed by atoms with van der Waals surface area (Å²) in [6.45, 7) is 1.34. The molecule has 0 fully saturated rings. The number of aliphatic hydroxyl groups is 2. The van der Waals surface area contributed by atoms with Gasteiger partial charge in [0.1, 0.15) is 0 Å². The highest BCUT2D eigenvalue weighted by Crippen LogP contribution is 2.16. The van der Waals surface area contributed by atoms with Crippen LogP contribution in [-0.2, 0) is 0 Å². The van der Waals surface area contributed by atoms with Crippen molar-refractivity contribution in [2.24, 2.45) is 10.7 Å². The van der Waals surface area contributed by atoms with E-state index in [1.807, 2.05) is 0 Å². The molecule has 1 aliphatic rings. The van der Waals surface area contributed by atoms with Crippen LogP contribution in [0.4, 0.5) is 0 Å². The second-order valence-electron chi connectivity index (χ2n) is 2.19. The van der Waals surface area contributed by atoms with Gasteiger partial charge in [-0.05, 0) is 6.92 Å². The second kappa shape index (κ2) is 1.88. The minimum Gasteiger partial charge on any atom is -0.506 e. The van der Waals surface area contributed by atoms with Crippen molar-refractivity contribution in [3.8, 4) is 0 Å². The predicted octanol–water partition coefficient (Wildman–Crippen LogP) is -0.988. The van der Waals surface area contributed by atoms with E-state index in [4.69, 9.17) is 10.8 Å². The molecule has 0 saturated heterocycles. The Bertz CT molecular complexity index is 207. The summed E-state index contributed by atoms with van der Waals surface area (Å²) in [6, 6.07) is 0. The van der Waals surface area contributed by atoms with Crippen LogP contribution in [0.5, 0.6) is 0 Å². The van der Waals surface area contributed by atoms with Crippen LogP contribution in [0.3, 0.4) is 0 Å². The Kier molecular flexibility index (Phi) is 1.29. The van der Waals surface area contributed by atoms with Crippen LogP contribution >= 0.6 is 0 Å². The molecule has 56 valence electrons. The fraction of sp³-hybridized carbons (Fsp3) is 0.400. The third-order valence-corrected chi connectivity index (χ3v) is 1.18. The summed E-state index contributed by atoms with van der Waals surface area (Å²) in [5, 5.41) is 20.6. The number of nitrogens with zero attached hydrogens (tertiary/aromatic N) is 1. The number of rotatable bonds is 0. The predicted molar refractivity (Wildman–Crippen MR) is 36.1 cm³/mol. The van der Waals surface area contributed by atoms with E-state index in [0.29, 0.717) is 0 Å². The SMILES string of the molecule is CC1(O)N=C(N)NC=C1O. The number of hydrogen-bond acceptors (Lipinski definition) is 5. The molecule has 1 aliphatic heterocycles. The van der Waals surface area contributed by atoms with Crippen molar-refractivity contribution < 1.29 is 10.2 Å². The molecular weight excluding hydrogens is 134 g/mol. The Morgan fingerprint density at radius 3 is 2.80 bits per heavy atom. The molecule has 0 radical (unpaired) electrons. The topological polar surface area (TPSA) is 90.9 Å². The van der Waals surface area contributed by atoms with Crippen molar-refractivity contribution in [1.29, 1.82) is 0 Å². The Labute approximate surface area is 57.9 Å². The van der Waals surface area contributed by atoms with Crippen molar-refractivity contribution in [1.82, 2.24) is 5.32 Å². The van der Waals surface area contributed by atoms with E-state index in [-0.39, 0.29) is 11.7 Å². The first-order valence-electron chi connectivity index (χ1n) is 2.76. The molecule has 0 aromatic rings. The Morgan fingerprint density at radius 2 is 2.40 bits per heavy atom. The highest BCUT2D eigenvalue weighted by atomic mass is 16.3. The number of nitrogens with two attached hydrogens (primary N) is 1. The first-order chi connectivity index (χ1) is 4.52. The van der Waals surface area contributed by atoms with Gasteiger partial charge in [-0.15, -0.1) is 0 Å². The molecule has 0 aromatic carbocycles. The fourth-order valence-electron chi connectivity index (χ4n) is 0.603. The Hall–Kier alpha value is -1.23. The molecule has 10 heavy (non-hydrogen) atoms. The molecule has 1 atom stereocenters. The zero-order chi connectivity index (χ0) is 7.78. The molecule has 0 amide bonds. The van der Waals surface area contributed by atoms with E-state index in [9.17, 15) is 5.11 Å². The van der Waals surface area contributed by atoms with Gasteiger partial charge in [-0.25, -0.2) is 4.99 Å². The van der Waals surface area contributed by atoms with Gasteiger partial charge in [0.2, 0.25) is 5.72 Å². The summed E-state index contributed by atoms with van der Waals surface area (Å²) in [5.41, 5.74) is 3.62. The summed E-state index contributed by atoms with van der Waals surface area (Å²) >= 11 is 0. The average Bonchev–Trinajstić information content (AvgIpc) is 1.78. The van der Waals surface area contributed by atoms with Crippen LogP contribution in [0.1, 0.15) is 6.92 Å². The van der Waals surface area contributed by atoms with Gasteiger partial charge < -0.3 is 21.3 Å². The van der Waals surface area contributed by atoms with E-state index >= 15 is 0 Å². The van der Waals surface area contributed by atoms with Gasteiger partial charge in [0, 0.05) is 6.20 Å². The van der Waals surface area contributed by atoms with Crippen molar-refractivity contribution in [3.05, 3.63) is 12.0 Å². The zero-order valence-corrected chi connectivity index (χ0v) is 5.50. The van der Waals surface area contributed by atoms with Crippen LogP contribution in [0.15, 0.2) is 17.0 Å². The lowest BCUT2D eigenvalue weighted by Crippen LogP contribution is -2.39. The Balaban J connectivity index is 2.90. The minimum absolute atomic E-state index is 0.0859. The van der Waals surface area contributed by atoms with Gasteiger partial charge >= 0.3 is 0 Å². The van der Waals surface area contributed by atoms with Gasteiger partial charge in [-0.1, -0.05) is 0 Å². The van der Waals surface area contributed by atoms with E-state index in [1.54, 1.807) is 0 Å². The van der Waals surface area contributed by atoms with Gasteiger partial charge in [-0.2, -0.15) is 0 Å². The van der Waals surface area contributed by atoms with Gasteiger partial charge in [0.25, 0.3) is 0 Å². The molecule has 0 spiro atoms. The van der Waals surface area contributed by atoms with Gasteiger partial charge in [0.05, 0.1) is 0 Å². The highest BCUT2D eigenvalue weighted by molar-refractivity contribution is 5.80. The third-order valence-electron chi connectivity index (χ3n) is 1.18. The highest BCUT2D eigenvalue weighted by Gasteiger charge is 2.27. The first kappa shape index (κ1) is 6.88. The number of aliphatic hydroxyl groups excluding tert-OH is 1. The molecule has 0 bridgehead atoms. The quantitative estimate of drug-likeness (QED) is 0.350. The summed E-state index contributed by atoms with van der Waals surface area (Å²) in [7, 11) is 0. The second-order valence-corrected chi connectivity index (χ2v) is 2.19. The van der Waals surface area contributed by atoms with Gasteiger partial charge in [-0.3, -0.25) is 0 Å². The summed E-state index contributed by atoms with van der Waals surface area (Å²) in [4.78, 5) is 3.52. The lowest BCUT2D eigenvalue weighted by molar-refractivity contribution is 0.0583. The summed E-state index contributed by atoms with van der Waals surface area (Å²) < 4.78 is 0. The minimum atomic E-state index is -1.57. The smallest absolute Gasteiger partial charge is 0.216 e. The number of nitrogens with one attached hydrogen (secondary N) is 1. The van der Waals surface area contributed by atoms with Crippen molar-refractivity contribution in [3.63, 3.8) is 0 Å². The maximum Gasteiger partial charge on any atom is 0.216 e. The molecular formula is C5H9N3O2. The largest absolute Gasteiger partial charge is 0.506 e. The van der Waals surface area contributed by atoms with E-state index in [0.717, 1.165) is 0 Å².